The van der Waals surface area contributed by atoms with Crippen LogP contribution in [0.15, 0.2) is 36.5 Å². The van der Waals surface area contributed by atoms with Gasteiger partial charge in [-0.25, -0.2) is 14.4 Å². The molecular weight excluding hydrogens is 404 g/mol. The summed E-state index contributed by atoms with van der Waals surface area (Å²) in [7, 11) is 1.18. The van der Waals surface area contributed by atoms with Gasteiger partial charge in [0.1, 0.15) is 17.8 Å². The number of nitrogens with zero attached hydrogens (tertiary/aromatic N) is 1. The summed E-state index contributed by atoms with van der Waals surface area (Å²) in [5, 5.41) is 13.0. The Morgan fingerprint density at radius 3 is 2.42 bits per heavy atom. The molecule has 0 radical (unpaired) electrons. The molecule has 1 aromatic heterocycles. The number of nitrogens with one attached hydrogen (secondary N) is 1. The number of ether oxygens (including phenoxy) is 3. The molecule has 168 valence electrons. The Labute approximate surface area is 180 Å². The fourth-order valence-electron chi connectivity index (χ4n) is 2.73. The second-order valence-corrected chi connectivity index (χ2v) is 7.77. The molecule has 0 saturated heterocycles. The normalized spacial score (nSPS) is 11.0. The molecule has 9 heteroatoms. The van der Waals surface area contributed by atoms with Crippen LogP contribution in [0.5, 0.6) is 5.75 Å². The van der Waals surface area contributed by atoms with E-state index < -0.39 is 23.8 Å². The standard InChI is InChI=1S/C22H28N2O7/c1-22(2,3)31-21(28)24-13-16(19(26)29-4)18(25)17(24)11-8-12-23-20(27)30-14-15-9-6-5-7-10-15/h5-7,9-10,13,25H,8,11-12,14H2,1-4H3,(H,23,27). The first-order valence-corrected chi connectivity index (χ1v) is 9.81. The van der Waals surface area contributed by atoms with Crippen molar-refractivity contribution in [3.05, 3.63) is 53.3 Å². The zero-order chi connectivity index (χ0) is 23.0. The lowest BCUT2D eigenvalue weighted by molar-refractivity contribution is 0.0531. The molecule has 2 aromatic rings. The molecule has 0 aliphatic rings. The zero-order valence-electron chi connectivity index (χ0n) is 18.1. The van der Waals surface area contributed by atoms with Crippen LogP contribution in [0.3, 0.4) is 0 Å². The minimum atomic E-state index is -0.774. The number of aromatic nitrogens is 1. The molecule has 0 aliphatic heterocycles. The second kappa shape index (κ2) is 10.5. The Morgan fingerprint density at radius 1 is 1.13 bits per heavy atom. The summed E-state index contributed by atoms with van der Waals surface area (Å²) in [6.07, 6.45) is 0.447. The average Bonchev–Trinajstić information content (AvgIpc) is 3.05. The number of methoxy groups -OCH3 is 1. The van der Waals surface area contributed by atoms with Crippen LogP contribution in [-0.4, -0.2) is 47.1 Å². The third-order valence-electron chi connectivity index (χ3n) is 4.15. The van der Waals surface area contributed by atoms with Gasteiger partial charge in [0.2, 0.25) is 0 Å². The number of alkyl carbamates (subject to hydrolysis) is 1. The molecule has 31 heavy (non-hydrogen) atoms. The summed E-state index contributed by atoms with van der Waals surface area (Å²) in [6, 6.07) is 9.27. The number of hydrogen-bond acceptors (Lipinski definition) is 7. The van der Waals surface area contributed by atoms with Crippen molar-refractivity contribution >= 4 is 18.2 Å². The molecule has 0 unspecified atom stereocenters. The topological polar surface area (TPSA) is 116 Å². The Bertz CT molecular complexity index is 914. The second-order valence-electron chi connectivity index (χ2n) is 7.77. The molecule has 9 nitrogen and oxygen atoms in total. The molecule has 0 saturated carbocycles. The minimum absolute atomic E-state index is 0.140. The Kier molecular flexibility index (Phi) is 8.07. The maximum Gasteiger partial charge on any atom is 0.418 e. The Hall–Kier alpha value is -3.49. The average molecular weight is 432 g/mol. The van der Waals surface area contributed by atoms with E-state index in [-0.39, 0.29) is 36.6 Å². The van der Waals surface area contributed by atoms with Crippen molar-refractivity contribution in [3.63, 3.8) is 0 Å². The number of carbonyl (C=O) groups excluding carboxylic acids is 3. The molecule has 0 atom stereocenters. The summed E-state index contributed by atoms with van der Waals surface area (Å²) in [6.45, 7) is 5.51. The molecule has 0 bridgehead atoms. The van der Waals surface area contributed by atoms with E-state index in [1.807, 2.05) is 30.3 Å². The fraction of sp³-hybridized carbons (Fsp3) is 0.409. The van der Waals surface area contributed by atoms with E-state index in [1.54, 1.807) is 20.8 Å². The molecule has 1 amide bonds. The third kappa shape index (κ3) is 7.06. The number of amides is 1. The van der Waals surface area contributed by atoms with Crippen molar-refractivity contribution in [1.29, 1.82) is 0 Å². The summed E-state index contributed by atoms with van der Waals surface area (Å²) >= 11 is 0. The molecule has 1 heterocycles. The first kappa shape index (κ1) is 23.8. The monoisotopic (exact) mass is 432 g/mol. The van der Waals surface area contributed by atoms with Crippen LogP contribution in [0, 0.1) is 0 Å². The highest BCUT2D eigenvalue weighted by atomic mass is 16.6. The Morgan fingerprint density at radius 2 is 1.81 bits per heavy atom. The van der Waals surface area contributed by atoms with Crippen molar-refractivity contribution in [2.75, 3.05) is 13.7 Å². The van der Waals surface area contributed by atoms with E-state index in [0.29, 0.717) is 6.42 Å². The summed E-state index contributed by atoms with van der Waals surface area (Å²) in [5.74, 6) is -1.13. The van der Waals surface area contributed by atoms with Crippen molar-refractivity contribution in [1.82, 2.24) is 9.88 Å². The molecular formula is C22H28N2O7. The number of carbonyl (C=O) groups is 3. The van der Waals surface area contributed by atoms with Gasteiger partial charge in [-0.05, 0) is 39.2 Å². The van der Waals surface area contributed by atoms with Gasteiger partial charge in [-0.1, -0.05) is 30.3 Å². The van der Waals surface area contributed by atoms with Crippen LogP contribution in [-0.2, 0) is 27.2 Å². The fourth-order valence-corrected chi connectivity index (χ4v) is 2.73. The van der Waals surface area contributed by atoms with E-state index >= 15 is 0 Å². The molecule has 1 aromatic carbocycles. The highest BCUT2D eigenvalue weighted by Gasteiger charge is 2.26. The highest BCUT2D eigenvalue weighted by molar-refractivity contribution is 5.94. The molecule has 2 rings (SSSR count). The number of hydrogen-bond donors (Lipinski definition) is 2. The smallest absolute Gasteiger partial charge is 0.418 e. The SMILES string of the molecule is COC(=O)c1cn(C(=O)OC(C)(C)C)c(CCCNC(=O)OCc2ccccc2)c1O. The summed E-state index contributed by atoms with van der Waals surface area (Å²) in [4.78, 5) is 36.2. The van der Waals surface area contributed by atoms with Gasteiger partial charge in [-0.2, -0.15) is 0 Å². The molecule has 0 fully saturated rings. The van der Waals surface area contributed by atoms with Gasteiger partial charge in [0.05, 0.1) is 12.8 Å². The molecule has 2 N–H and O–H groups in total. The number of esters is 1. The van der Waals surface area contributed by atoms with Gasteiger partial charge >= 0.3 is 18.2 Å². The van der Waals surface area contributed by atoms with Gasteiger partial charge in [0.15, 0.2) is 5.75 Å². The van der Waals surface area contributed by atoms with Gasteiger partial charge in [0.25, 0.3) is 0 Å². The maximum absolute atomic E-state index is 12.5. The summed E-state index contributed by atoms with van der Waals surface area (Å²) in [5.41, 5.74) is 0.157. The van der Waals surface area contributed by atoms with E-state index in [2.05, 4.69) is 10.1 Å². The predicted octanol–water partition coefficient (Wildman–Crippen LogP) is 3.62. The molecule has 0 aliphatic carbocycles. The van der Waals surface area contributed by atoms with Crippen molar-refractivity contribution in [3.8, 4) is 5.75 Å². The van der Waals surface area contributed by atoms with Gasteiger partial charge in [-0.15, -0.1) is 0 Å². The van der Waals surface area contributed by atoms with Crippen LogP contribution in [0.1, 0.15) is 48.8 Å². The quantitative estimate of drug-likeness (QED) is 0.390. The number of rotatable bonds is 7. The lowest BCUT2D eigenvalue weighted by Crippen LogP contribution is -2.28. The van der Waals surface area contributed by atoms with Crippen molar-refractivity contribution in [2.24, 2.45) is 0 Å². The van der Waals surface area contributed by atoms with E-state index in [4.69, 9.17) is 9.47 Å². The van der Waals surface area contributed by atoms with Crippen LogP contribution >= 0.6 is 0 Å². The van der Waals surface area contributed by atoms with E-state index in [0.717, 1.165) is 10.1 Å². The first-order chi connectivity index (χ1) is 14.6. The highest BCUT2D eigenvalue weighted by Crippen LogP contribution is 2.28. The predicted molar refractivity (Wildman–Crippen MR) is 112 cm³/mol. The Balaban J connectivity index is 1.97. The number of aromatic hydroxyl groups is 1. The first-order valence-electron chi connectivity index (χ1n) is 9.81. The van der Waals surface area contributed by atoms with Crippen molar-refractivity contribution < 1.29 is 33.7 Å². The van der Waals surface area contributed by atoms with E-state index in [1.165, 1.54) is 13.3 Å². The van der Waals surface area contributed by atoms with Crippen LogP contribution < -0.4 is 5.32 Å². The van der Waals surface area contributed by atoms with Crippen LogP contribution in [0.25, 0.3) is 0 Å². The summed E-state index contributed by atoms with van der Waals surface area (Å²) < 4.78 is 16.2. The van der Waals surface area contributed by atoms with Crippen LogP contribution in [0.2, 0.25) is 0 Å². The minimum Gasteiger partial charge on any atom is -0.505 e. The third-order valence-corrected chi connectivity index (χ3v) is 4.15. The van der Waals surface area contributed by atoms with Crippen molar-refractivity contribution in [2.45, 2.75) is 45.8 Å². The molecule has 0 spiro atoms. The largest absolute Gasteiger partial charge is 0.505 e. The zero-order valence-corrected chi connectivity index (χ0v) is 18.1. The van der Waals surface area contributed by atoms with Gasteiger partial charge < -0.3 is 24.6 Å². The van der Waals surface area contributed by atoms with Gasteiger partial charge in [-0.3, -0.25) is 4.57 Å². The maximum atomic E-state index is 12.5. The van der Waals surface area contributed by atoms with E-state index in [9.17, 15) is 19.5 Å². The van der Waals surface area contributed by atoms with Gasteiger partial charge in [0, 0.05) is 12.7 Å². The lowest BCUT2D eigenvalue weighted by atomic mass is 10.2. The van der Waals surface area contributed by atoms with Crippen LogP contribution in [0.4, 0.5) is 9.59 Å². The number of benzene rings is 1. The lowest BCUT2D eigenvalue weighted by Gasteiger charge is -2.20.